The van der Waals surface area contributed by atoms with Crippen LogP contribution in [-0.4, -0.2) is 38.2 Å². The number of carbonyl (C=O) groups is 1. The van der Waals surface area contributed by atoms with Crippen molar-refractivity contribution in [3.05, 3.63) is 42.4 Å². The number of amides is 1. The van der Waals surface area contributed by atoms with Crippen molar-refractivity contribution in [2.75, 3.05) is 23.4 Å². The minimum absolute atomic E-state index is 0.00385. The van der Waals surface area contributed by atoms with E-state index in [0.717, 1.165) is 6.42 Å². The molecule has 0 aromatic carbocycles. The molecule has 0 aliphatic heterocycles. The number of anilines is 2. The van der Waals surface area contributed by atoms with Gasteiger partial charge in [0.05, 0.1) is 0 Å². The summed E-state index contributed by atoms with van der Waals surface area (Å²) in [6.07, 6.45) is 3.43. The molecule has 0 spiro atoms. The summed E-state index contributed by atoms with van der Waals surface area (Å²) in [6.45, 7) is 8.14. The van der Waals surface area contributed by atoms with Crippen LogP contribution in [0.1, 0.15) is 51.3 Å². The number of aromatic nitrogens is 4. The molecule has 1 amide bonds. The number of rotatable bonds is 10. The van der Waals surface area contributed by atoms with E-state index in [9.17, 15) is 19.2 Å². The van der Waals surface area contributed by atoms with Gasteiger partial charge in [0, 0.05) is 30.8 Å². The Labute approximate surface area is 190 Å². The summed E-state index contributed by atoms with van der Waals surface area (Å²) in [4.78, 5) is 61.1. The number of unbranched alkanes of at least 4 members (excludes halogenated alkanes) is 1. The zero-order valence-electron chi connectivity index (χ0n) is 19.3. The highest BCUT2D eigenvalue weighted by molar-refractivity contribution is 7.98. The Bertz CT molecular complexity index is 1130. The van der Waals surface area contributed by atoms with Gasteiger partial charge in [0.25, 0.3) is 11.1 Å². The Hall–Kier alpha value is -2.82. The fourth-order valence-corrected chi connectivity index (χ4v) is 3.83. The van der Waals surface area contributed by atoms with Gasteiger partial charge in [-0.15, -0.1) is 0 Å². The van der Waals surface area contributed by atoms with Gasteiger partial charge in [0.15, 0.2) is 10.8 Å². The normalized spacial score (nSPS) is 11.2. The molecule has 0 fully saturated rings. The molecule has 0 aliphatic rings. The Kier molecular flexibility index (Phi) is 8.88. The first-order chi connectivity index (χ1) is 15.1. The average molecular weight is 465 g/mol. The van der Waals surface area contributed by atoms with Crippen LogP contribution in [0, 0.1) is 12.8 Å². The van der Waals surface area contributed by atoms with E-state index in [1.165, 1.54) is 21.2 Å². The topological polar surface area (TPSA) is 147 Å². The Morgan fingerprint density at radius 3 is 2.47 bits per heavy atom. The minimum Gasteiger partial charge on any atom is -0.383 e. The number of hydrogen-bond acceptors (Lipinski definition) is 7. The maximum Gasteiger partial charge on any atom is 0.330 e. The lowest BCUT2D eigenvalue weighted by molar-refractivity contribution is -0.118. The molecule has 0 bridgehead atoms. The van der Waals surface area contributed by atoms with E-state index in [2.05, 4.69) is 15.0 Å². The highest BCUT2D eigenvalue weighted by Gasteiger charge is 2.24. The molecule has 2 aromatic heterocycles. The first kappa shape index (κ1) is 25.4. The van der Waals surface area contributed by atoms with E-state index >= 15 is 0 Å². The highest BCUT2D eigenvalue weighted by Crippen LogP contribution is 2.20. The fraction of sp³-hybridized carbons (Fsp3) is 0.571. The molecule has 32 heavy (non-hydrogen) atoms. The number of aromatic amines is 2. The first-order valence-corrected chi connectivity index (χ1v) is 11.9. The number of aryl methyl sites for hydroxylation is 1. The van der Waals surface area contributed by atoms with Crippen LogP contribution in [0.3, 0.4) is 0 Å². The molecular formula is C21H32N6O4S. The van der Waals surface area contributed by atoms with Gasteiger partial charge in [-0.05, 0) is 31.9 Å². The smallest absolute Gasteiger partial charge is 0.330 e. The van der Waals surface area contributed by atoms with Crippen LogP contribution >= 0.6 is 11.8 Å². The van der Waals surface area contributed by atoms with Crippen molar-refractivity contribution in [3.63, 3.8) is 0 Å². The average Bonchev–Trinajstić information content (AvgIpc) is 2.72. The summed E-state index contributed by atoms with van der Waals surface area (Å²) >= 11 is 1.33. The van der Waals surface area contributed by atoms with Gasteiger partial charge in [0.1, 0.15) is 5.82 Å². The van der Waals surface area contributed by atoms with Gasteiger partial charge < -0.3 is 15.6 Å². The maximum absolute atomic E-state index is 13.2. The molecule has 0 atom stereocenters. The summed E-state index contributed by atoms with van der Waals surface area (Å²) in [5.41, 5.74) is 5.60. The van der Waals surface area contributed by atoms with Crippen molar-refractivity contribution in [3.8, 4) is 0 Å². The molecule has 0 aliphatic carbocycles. The third-order valence-electron chi connectivity index (χ3n) is 5.05. The predicted molar refractivity (Wildman–Crippen MR) is 128 cm³/mol. The summed E-state index contributed by atoms with van der Waals surface area (Å²) in [5.74, 6) is -0.268. The lowest BCUT2D eigenvalue weighted by Crippen LogP contribution is -2.42. The third kappa shape index (κ3) is 5.90. The second kappa shape index (κ2) is 11.2. The number of thioether (sulfide) groups is 1. The quantitative estimate of drug-likeness (QED) is 0.358. The second-order valence-electron chi connectivity index (χ2n) is 8.04. The monoisotopic (exact) mass is 464 g/mol. The number of carbonyl (C=O) groups excluding carboxylic acids is 1. The van der Waals surface area contributed by atoms with Crippen molar-refractivity contribution in [1.82, 2.24) is 19.5 Å². The van der Waals surface area contributed by atoms with Gasteiger partial charge in [-0.2, -0.15) is 0 Å². The SMILES string of the molecule is CCCCN(C(=O)CCc1c(C)nc(SC)[nH]c1=O)c1c(N)n(CC(C)C)c(=O)[nH]c1=O. The molecule has 2 aromatic rings. The van der Waals surface area contributed by atoms with Crippen LogP contribution in [0.4, 0.5) is 11.5 Å². The van der Waals surface area contributed by atoms with Crippen molar-refractivity contribution >= 4 is 29.2 Å². The molecule has 11 heteroatoms. The van der Waals surface area contributed by atoms with E-state index in [-0.39, 0.29) is 48.3 Å². The molecule has 10 nitrogen and oxygen atoms in total. The molecule has 0 unspecified atom stereocenters. The summed E-state index contributed by atoms with van der Waals surface area (Å²) in [7, 11) is 0. The predicted octanol–water partition coefficient (Wildman–Crippen LogP) is 1.65. The van der Waals surface area contributed by atoms with Crippen LogP contribution in [0.2, 0.25) is 0 Å². The first-order valence-electron chi connectivity index (χ1n) is 10.7. The lowest BCUT2D eigenvalue weighted by Gasteiger charge is -2.25. The van der Waals surface area contributed by atoms with Gasteiger partial charge in [-0.25, -0.2) is 9.78 Å². The number of H-pyrrole nitrogens is 2. The molecule has 0 radical (unpaired) electrons. The van der Waals surface area contributed by atoms with Crippen molar-refractivity contribution in [1.29, 1.82) is 0 Å². The summed E-state index contributed by atoms with van der Waals surface area (Å²) in [6, 6.07) is 0. The third-order valence-corrected chi connectivity index (χ3v) is 5.63. The van der Waals surface area contributed by atoms with Crippen molar-refractivity contribution < 1.29 is 4.79 Å². The maximum atomic E-state index is 13.2. The summed E-state index contributed by atoms with van der Waals surface area (Å²) in [5, 5.41) is 0.513. The van der Waals surface area contributed by atoms with Crippen LogP contribution < -0.4 is 27.4 Å². The van der Waals surface area contributed by atoms with Crippen LogP contribution in [0.25, 0.3) is 0 Å². The number of nitrogens with one attached hydrogen (secondary N) is 2. The zero-order chi connectivity index (χ0) is 24.0. The van der Waals surface area contributed by atoms with E-state index in [4.69, 9.17) is 5.73 Å². The zero-order valence-corrected chi connectivity index (χ0v) is 20.1. The number of hydrogen-bond donors (Lipinski definition) is 3. The highest BCUT2D eigenvalue weighted by atomic mass is 32.2. The van der Waals surface area contributed by atoms with Crippen molar-refractivity contribution in [2.24, 2.45) is 5.92 Å². The molecule has 176 valence electrons. The molecule has 0 saturated heterocycles. The fourth-order valence-electron chi connectivity index (χ4n) is 3.40. The van der Waals surface area contributed by atoms with E-state index < -0.39 is 11.2 Å². The van der Waals surface area contributed by atoms with Crippen molar-refractivity contribution in [2.45, 2.75) is 65.1 Å². The Balaban J connectivity index is 2.41. The molecule has 2 rings (SSSR count). The largest absolute Gasteiger partial charge is 0.383 e. The van der Waals surface area contributed by atoms with E-state index in [0.29, 0.717) is 29.4 Å². The van der Waals surface area contributed by atoms with Crippen LogP contribution in [-0.2, 0) is 17.8 Å². The van der Waals surface area contributed by atoms with Gasteiger partial charge in [-0.1, -0.05) is 39.0 Å². The Morgan fingerprint density at radius 2 is 1.91 bits per heavy atom. The van der Waals surface area contributed by atoms with Crippen LogP contribution in [0.5, 0.6) is 0 Å². The van der Waals surface area contributed by atoms with Crippen LogP contribution in [0.15, 0.2) is 19.5 Å². The lowest BCUT2D eigenvalue weighted by atomic mass is 10.1. The van der Waals surface area contributed by atoms with E-state index in [1.807, 2.05) is 27.0 Å². The summed E-state index contributed by atoms with van der Waals surface area (Å²) < 4.78 is 1.29. The standard InChI is InChI=1S/C21H32N6O4S/c1-6-7-10-26(16-17(22)27(11-12(2)3)21(31)25-19(16)30)15(28)9-8-14-13(4)23-20(32-5)24-18(14)29/h12H,6-11,22H2,1-5H3,(H,23,24,29)(H,25,30,31). The van der Waals surface area contributed by atoms with Gasteiger partial charge in [0.2, 0.25) is 5.91 Å². The molecule has 0 saturated carbocycles. The number of nitrogens with two attached hydrogens (primary N) is 1. The molecular weight excluding hydrogens is 432 g/mol. The molecule has 4 N–H and O–H groups in total. The minimum atomic E-state index is -0.697. The van der Waals surface area contributed by atoms with E-state index in [1.54, 1.807) is 6.92 Å². The Morgan fingerprint density at radius 1 is 1.22 bits per heavy atom. The second-order valence-corrected chi connectivity index (χ2v) is 8.83. The number of nitrogens with zero attached hydrogens (tertiary/aromatic N) is 3. The van der Waals surface area contributed by atoms with Gasteiger partial charge in [-0.3, -0.25) is 23.9 Å². The number of nitrogen functional groups attached to an aromatic ring is 1. The van der Waals surface area contributed by atoms with Gasteiger partial charge >= 0.3 is 5.69 Å². The molecule has 2 heterocycles.